The molecule has 0 saturated carbocycles. The van der Waals surface area contributed by atoms with E-state index in [1.807, 2.05) is 0 Å². The maximum absolute atomic E-state index is 11.8. The molecule has 1 rings (SSSR count). The van der Waals surface area contributed by atoms with Gasteiger partial charge in [0.2, 0.25) is 0 Å². The summed E-state index contributed by atoms with van der Waals surface area (Å²) < 4.78 is 0. The van der Waals surface area contributed by atoms with Gasteiger partial charge in [-0.2, -0.15) is 0 Å². The molecule has 0 amide bonds. The van der Waals surface area contributed by atoms with E-state index in [0.717, 1.165) is 6.42 Å². The molecule has 0 heterocycles. The maximum Gasteiger partial charge on any atom is 0.136 e. The molecule has 0 aromatic carbocycles. The summed E-state index contributed by atoms with van der Waals surface area (Å²) in [6, 6.07) is 0. The topological polar surface area (TPSA) is 37.3 Å². The molecule has 1 aliphatic carbocycles. The van der Waals surface area contributed by atoms with Gasteiger partial charge in [-0.15, -0.1) is 0 Å². The SMILES string of the molecule is CC1C=CC([C@@H](C)CC(=O)CC(C)(C)O)=CC1. The van der Waals surface area contributed by atoms with Gasteiger partial charge >= 0.3 is 0 Å². The van der Waals surface area contributed by atoms with Crippen molar-refractivity contribution in [2.24, 2.45) is 11.8 Å². The Bertz CT molecular complexity index is 331. The third kappa shape index (κ3) is 5.31. The third-order valence-electron chi connectivity index (χ3n) is 3.08. The highest BCUT2D eigenvalue weighted by atomic mass is 16.3. The predicted octanol–water partition coefficient (Wildman–Crippen LogP) is 3.27. The predicted molar refractivity (Wildman–Crippen MR) is 70.7 cm³/mol. The van der Waals surface area contributed by atoms with Gasteiger partial charge in [-0.05, 0) is 37.7 Å². The minimum atomic E-state index is -0.887. The monoisotopic (exact) mass is 236 g/mol. The molecule has 2 heteroatoms. The first-order valence-electron chi connectivity index (χ1n) is 6.40. The van der Waals surface area contributed by atoms with Gasteiger partial charge in [0.25, 0.3) is 0 Å². The summed E-state index contributed by atoms with van der Waals surface area (Å²) in [6.07, 6.45) is 8.39. The van der Waals surface area contributed by atoms with Crippen molar-refractivity contribution >= 4 is 5.78 Å². The van der Waals surface area contributed by atoms with E-state index in [1.54, 1.807) is 13.8 Å². The van der Waals surface area contributed by atoms with Crippen LogP contribution >= 0.6 is 0 Å². The lowest BCUT2D eigenvalue weighted by molar-refractivity contribution is -0.123. The zero-order valence-electron chi connectivity index (χ0n) is 11.4. The molecule has 1 N–H and O–H groups in total. The Hall–Kier alpha value is -0.890. The molecule has 0 aromatic rings. The number of rotatable bonds is 5. The van der Waals surface area contributed by atoms with Crippen molar-refractivity contribution in [2.75, 3.05) is 0 Å². The molecule has 0 aliphatic heterocycles. The van der Waals surface area contributed by atoms with Gasteiger partial charge in [0.1, 0.15) is 5.78 Å². The van der Waals surface area contributed by atoms with Crippen LogP contribution in [0.25, 0.3) is 0 Å². The lowest BCUT2D eigenvalue weighted by atomic mass is 9.87. The lowest BCUT2D eigenvalue weighted by Crippen LogP contribution is -2.24. The van der Waals surface area contributed by atoms with Crippen LogP contribution in [-0.2, 0) is 4.79 Å². The van der Waals surface area contributed by atoms with Gasteiger partial charge in [0.15, 0.2) is 0 Å². The third-order valence-corrected chi connectivity index (χ3v) is 3.08. The molecular formula is C15H24O2. The number of Topliss-reactive ketones (excluding diaryl/α,β-unsaturated/α-hetero) is 1. The van der Waals surface area contributed by atoms with Crippen molar-refractivity contribution < 1.29 is 9.90 Å². The average molecular weight is 236 g/mol. The maximum atomic E-state index is 11.8. The number of aliphatic hydroxyl groups is 1. The quantitative estimate of drug-likeness (QED) is 0.795. The first-order valence-corrected chi connectivity index (χ1v) is 6.40. The Morgan fingerprint density at radius 1 is 1.59 bits per heavy atom. The Morgan fingerprint density at radius 2 is 2.24 bits per heavy atom. The second-order valence-corrected chi connectivity index (χ2v) is 5.91. The first-order chi connectivity index (χ1) is 7.78. The van der Waals surface area contributed by atoms with E-state index in [2.05, 4.69) is 32.1 Å². The molecule has 0 bridgehead atoms. The van der Waals surface area contributed by atoms with Gasteiger partial charge in [-0.25, -0.2) is 0 Å². The summed E-state index contributed by atoms with van der Waals surface area (Å²) in [5.41, 5.74) is 0.370. The number of carbonyl (C=O) groups excluding carboxylic acids is 1. The summed E-state index contributed by atoms with van der Waals surface area (Å²) in [7, 11) is 0. The fourth-order valence-electron chi connectivity index (χ4n) is 2.12. The fourth-order valence-corrected chi connectivity index (χ4v) is 2.12. The second kappa shape index (κ2) is 5.63. The van der Waals surface area contributed by atoms with E-state index < -0.39 is 5.60 Å². The van der Waals surface area contributed by atoms with Crippen molar-refractivity contribution in [1.29, 1.82) is 0 Å². The molecule has 0 saturated heterocycles. The van der Waals surface area contributed by atoms with E-state index in [-0.39, 0.29) is 18.1 Å². The van der Waals surface area contributed by atoms with Gasteiger partial charge in [-0.1, -0.05) is 32.1 Å². The highest BCUT2D eigenvalue weighted by molar-refractivity contribution is 5.80. The van der Waals surface area contributed by atoms with E-state index in [0.29, 0.717) is 12.3 Å². The summed E-state index contributed by atoms with van der Waals surface area (Å²) >= 11 is 0. The van der Waals surface area contributed by atoms with Crippen LogP contribution in [0.5, 0.6) is 0 Å². The molecule has 17 heavy (non-hydrogen) atoms. The first kappa shape index (κ1) is 14.2. The van der Waals surface area contributed by atoms with Crippen LogP contribution in [0.15, 0.2) is 23.8 Å². The molecule has 1 unspecified atom stereocenters. The zero-order valence-corrected chi connectivity index (χ0v) is 11.4. The zero-order chi connectivity index (χ0) is 13.1. The van der Waals surface area contributed by atoms with Crippen molar-refractivity contribution in [3.8, 4) is 0 Å². The van der Waals surface area contributed by atoms with E-state index in [4.69, 9.17) is 0 Å². The van der Waals surface area contributed by atoms with Crippen molar-refractivity contribution in [3.05, 3.63) is 23.8 Å². The number of carbonyl (C=O) groups is 1. The van der Waals surface area contributed by atoms with Crippen LogP contribution < -0.4 is 0 Å². The smallest absolute Gasteiger partial charge is 0.136 e. The van der Waals surface area contributed by atoms with Crippen LogP contribution in [0.1, 0.15) is 47.0 Å². The molecular weight excluding hydrogens is 212 g/mol. The number of ketones is 1. The van der Waals surface area contributed by atoms with Crippen LogP contribution in [0.4, 0.5) is 0 Å². The summed E-state index contributed by atoms with van der Waals surface area (Å²) in [6.45, 7) is 7.62. The second-order valence-electron chi connectivity index (χ2n) is 5.91. The molecule has 0 radical (unpaired) electrons. The fraction of sp³-hybridized carbons (Fsp3) is 0.667. The minimum absolute atomic E-state index is 0.137. The number of hydrogen-bond donors (Lipinski definition) is 1. The summed E-state index contributed by atoms with van der Waals surface area (Å²) in [5.74, 6) is 1.00. The molecule has 0 fully saturated rings. The summed E-state index contributed by atoms with van der Waals surface area (Å²) in [4.78, 5) is 11.8. The number of hydrogen-bond acceptors (Lipinski definition) is 2. The molecule has 2 nitrogen and oxygen atoms in total. The van der Waals surface area contributed by atoms with Gasteiger partial charge in [-0.3, -0.25) is 4.79 Å². The summed E-state index contributed by atoms with van der Waals surface area (Å²) in [5, 5.41) is 9.60. The molecule has 0 spiro atoms. The molecule has 1 aliphatic rings. The number of allylic oxidation sites excluding steroid dienone is 4. The van der Waals surface area contributed by atoms with Crippen molar-refractivity contribution in [3.63, 3.8) is 0 Å². The molecule has 0 aromatic heterocycles. The molecule has 2 atom stereocenters. The Morgan fingerprint density at radius 3 is 2.71 bits per heavy atom. The normalized spacial score (nSPS) is 22.2. The van der Waals surface area contributed by atoms with E-state index >= 15 is 0 Å². The van der Waals surface area contributed by atoms with E-state index in [1.165, 1.54) is 5.57 Å². The Kier molecular flexibility index (Phi) is 4.70. The standard InChI is InChI=1S/C15H24O2/c1-11-5-7-13(8-6-11)12(2)9-14(16)10-15(3,4)17/h5,7-8,11-12,17H,6,9-10H2,1-4H3/t11?,12-/m0/s1. The Balaban J connectivity index is 2.47. The van der Waals surface area contributed by atoms with Gasteiger partial charge < -0.3 is 5.11 Å². The highest BCUT2D eigenvalue weighted by Crippen LogP contribution is 2.25. The van der Waals surface area contributed by atoms with Crippen LogP contribution in [0.2, 0.25) is 0 Å². The minimum Gasteiger partial charge on any atom is -0.390 e. The largest absolute Gasteiger partial charge is 0.390 e. The van der Waals surface area contributed by atoms with E-state index in [9.17, 15) is 9.90 Å². The van der Waals surface area contributed by atoms with Crippen molar-refractivity contribution in [1.82, 2.24) is 0 Å². The Labute approximate surface area is 104 Å². The van der Waals surface area contributed by atoms with Crippen LogP contribution in [0.3, 0.4) is 0 Å². The lowest BCUT2D eigenvalue weighted by Gasteiger charge is -2.20. The average Bonchev–Trinajstić information content (AvgIpc) is 2.15. The molecule has 96 valence electrons. The highest BCUT2D eigenvalue weighted by Gasteiger charge is 2.20. The van der Waals surface area contributed by atoms with Gasteiger partial charge in [0, 0.05) is 12.8 Å². The van der Waals surface area contributed by atoms with Crippen LogP contribution in [0, 0.1) is 11.8 Å². The van der Waals surface area contributed by atoms with Gasteiger partial charge in [0.05, 0.1) is 5.60 Å². The van der Waals surface area contributed by atoms with Crippen molar-refractivity contribution in [2.45, 2.75) is 52.6 Å². The van der Waals surface area contributed by atoms with Crippen LogP contribution in [-0.4, -0.2) is 16.5 Å².